The van der Waals surface area contributed by atoms with Crippen molar-refractivity contribution in [3.05, 3.63) is 0 Å². The number of aliphatic hydroxyl groups is 1. The van der Waals surface area contributed by atoms with E-state index < -0.39 is 17.1 Å². The number of carbonyl (C=O) groups is 1. The lowest BCUT2D eigenvalue weighted by Crippen LogP contribution is -2.75. The zero-order valence-corrected chi connectivity index (χ0v) is 12.9. The minimum absolute atomic E-state index is 0.0160. The molecule has 1 amide bonds. The number of carbonyl (C=O) groups excluding carboxylic acids is 1. The lowest BCUT2D eigenvalue weighted by atomic mass is 9.54. The molecule has 1 saturated carbocycles. The van der Waals surface area contributed by atoms with Gasteiger partial charge in [0, 0.05) is 32.1 Å². The zero-order valence-electron chi connectivity index (χ0n) is 12.9. The molecule has 0 aromatic carbocycles. The lowest BCUT2D eigenvalue weighted by molar-refractivity contribution is -0.170. The summed E-state index contributed by atoms with van der Waals surface area (Å²) >= 11 is 0. The number of rotatable bonds is 8. The molecule has 0 bridgehead atoms. The predicted molar refractivity (Wildman–Crippen MR) is 76.2 cm³/mol. The smallest absolute Gasteiger partial charge is 0.240 e. The first-order chi connectivity index (χ1) is 9.29. The Morgan fingerprint density at radius 3 is 2.70 bits per heavy atom. The van der Waals surface area contributed by atoms with Crippen LogP contribution in [0.4, 0.5) is 0 Å². The average Bonchev–Trinajstić information content (AvgIpc) is 2.38. The van der Waals surface area contributed by atoms with Crippen LogP contribution in [0.2, 0.25) is 0 Å². The molecule has 6 heteroatoms. The van der Waals surface area contributed by atoms with Crippen molar-refractivity contribution < 1.29 is 19.4 Å². The van der Waals surface area contributed by atoms with Gasteiger partial charge in [0.05, 0.1) is 18.8 Å². The SMILES string of the molecule is CCOC1CC(N)(C(=O)NCCC(O)COC)C1(C)C. The molecule has 4 N–H and O–H groups in total. The first kappa shape index (κ1) is 17.4. The summed E-state index contributed by atoms with van der Waals surface area (Å²) < 4.78 is 10.4. The molecule has 0 aliphatic heterocycles. The van der Waals surface area contributed by atoms with Crippen molar-refractivity contribution in [1.82, 2.24) is 5.32 Å². The summed E-state index contributed by atoms with van der Waals surface area (Å²) in [5, 5.41) is 12.3. The Kier molecular flexibility index (Phi) is 5.94. The quantitative estimate of drug-likeness (QED) is 0.586. The van der Waals surface area contributed by atoms with Gasteiger partial charge in [0.2, 0.25) is 5.91 Å². The van der Waals surface area contributed by atoms with E-state index in [2.05, 4.69) is 5.32 Å². The number of nitrogens with two attached hydrogens (primary N) is 1. The molecule has 1 fully saturated rings. The molecule has 1 rings (SSSR count). The van der Waals surface area contributed by atoms with Crippen LogP contribution in [0, 0.1) is 5.41 Å². The van der Waals surface area contributed by atoms with Crippen LogP contribution in [-0.4, -0.2) is 55.6 Å². The van der Waals surface area contributed by atoms with Crippen molar-refractivity contribution >= 4 is 5.91 Å². The van der Waals surface area contributed by atoms with Gasteiger partial charge < -0.3 is 25.6 Å². The second kappa shape index (κ2) is 6.85. The summed E-state index contributed by atoms with van der Waals surface area (Å²) in [5.41, 5.74) is 4.95. The fraction of sp³-hybridized carbons (Fsp3) is 0.929. The molecular formula is C14H28N2O4. The van der Waals surface area contributed by atoms with Gasteiger partial charge in [0.15, 0.2) is 0 Å². The largest absolute Gasteiger partial charge is 0.391 e. The van der Waals surface area contributed by atoms with Crippen LogP contribution in [0.1, 0.15) is 33.6 Å². The number of hydrogen-bond acceptors (Lipinski definition) is 5. The van der Waals surface area contributed by atoms with E-state index in [0.29, 0.717) is 26.0 Å². The van der Waals surface area contributed by atoms with Crippen LogP contribution in [-0.2, 0) is 14.3 Å². The fourth-order valence-electron chi connectivity index (χ4n) is 2.61. The van der Waals surface area contributed by atoms with Gasteiger partial charge in [-0.1, -0.05) is 13.8 Å². The molecule has 118 valence electrons. The number of nitrogens with one attached hydrogen (secondary N) is 1. The standard InChI is InChI=1S/C14H28N2O4/c1-5-20-11-8-14(15,13(11,2)3)12(18)16-7-6-10(17)9-19-4/h10-11,17H,5-9,15H2,1-4H3,(H,16,18). The van der Waals surface area contributed by atoms with E-state index in [0.717, 1.165) is 0 Å². The number of hydrogen-bond donors (Lipinski definition) is 3. The molecular weight excluding hydrogens is 260 g/mol. The van der Waals surface area contributed by atoms with Crippen LogP contribution in [0.5, 0.6) is 0 Å². The summed E-state index contributed by atoms with van der Waals surface area (Å²) in [7, 11) is 1.53. The van der Waals surface area contributed by atoms with Gasteiger partial charge in [-0.25, -0.2) is 0 Å². The lowest BCUT2D eigenvalue weighted by Gasteiger charge is -2.57. The maximum atomic E-state index is 12.2. The summed E-state index contributed by atoms with van der Waals surface area (Å²) in [5.74, 6) is -0.178. The van der Waals surface area contributed by atoms with Gasteiger partial charge in [-0.3, -0.25) is 4.79 Å². The van der Waals surface area contributed by atoms with Gasteiger partial charge in [0.25, 0.3) is 0 Å². The topological polar surface area (TPSA) is 93.8 Å². The Labute approximate surface area is 121 Å². The monoisotopic (exact) mass is 288 g/mol. The van der Waals surface area contributed by atoms with E-state index in [-0.39, 0.29) is 18.6 Å². The van der Waals surface area contributed by atoms with Crippen molar-refractivity contribution in [3.63, 3.8) is 0 Å². The minimum atomic E-state index is -0.904. The highest BCUT2D eigenvalue weighted by Gasteiger charge is 2.62. The summed E-state index contributed by atoms with van der Waals surface area (Å²) in [6, 6.07) is 0. The Hall–Kier alpha value is -0.690. The highest BCUT2D eigenvalue weighted by molar-refractivity contribution is 5.88. The van der Waals surface area contributed by atoms with Crippen molar-refractivity contribution in [2.45, 2.75) is 51.4 Å². The third-order valence-corrected chi connectivity index (χ3v) is 4.36. The molecule has 0 spiro atoms. The van der Waals surface area contributed by atoms with Crippen LogP contribution in [0.3, 0.4) is 0 Å². The van der Waals surface area contributed by atoms with E-state index in [9.17, 15) is 9.90 Å². The number of methoxy groups -OCH3 is 1. The zero-order chi connectivity index (χ0) is 15.4. The third kappa shape index (κ3) is 3.31. The van der Waals surface area contributed by atoms with E-state index >= 15 is 0 Å². The van der Waals surface area contributed by atoms with Crippen molar-refractivity contribution in [2.75, 3.05) is 26.9 Å². The molecule has 3 atom stereocenters. The molecule has 0 heterocycles. The molecule has 0 radical (unpaired) electrons. The van der Waals surface area contributed by atoms with Crippen molar-refractivity contribution in [1.29, 1.82) is 0 Å². The summed E-state index contributed by atoms with van der Waals surface area (Å²) in [6.07, 6.45) is 0.424. The van der Waals surface area contributed by atoms with E-state index in [1.807, 2.05) is 20.8 Å². The van der Waals surface area contributed by atoms with Crippen LogP contribution in [0.25, 0.3) is 0 Å². The average molecular weight is 288 g/mol. The number of amides is 1. The third-order valence-electron chi connectivity index (χ3n) is 4.36. The van der Waals surface area contributed by atoms with Gasteiger partial charge >= 0.3 is 0 Å². The maximum absolute atomic E-state index is 12.2. The van der Waals surface area contributed by atoms with Crippen molar-refractivity contribution in [2.24, 2.45) is 11.1 Å². The number of aliphatic hydroxyl groups excluding tert-OH is 1. The van der Waals surface area contributed by atoms with E-state index in [4.69, 9.17) is 15.2 Å². The highest BCUT2D eigenvalue weighted by atomic mass is 16.5. The fourth-order valence-corrected chi connectivity index (χ4v) is 2.61. The summed E-state index contributed by atoms with van der Waals surface area (Å²) in [4.78, 5) is 12.2. The maximum Gasteiger partial charge on any atom is 0.240 e. The Morgan fingerprint density at radius 1 is 1.55 bits per heavy atom. The molecule has 20 heavy (non-hydrogen) atoms. The predicted octanol–water partition coefficient (Wildman–Crippen LogP) is 0.0325. The molecule has 6 nitrogen and oxygen atoms in total. The van der Waals surface area contributed by atoms with Crippen LogP contribution in [0.15, 0.2) is 0 Å². The van der Waals surface area contributed by atoms with Gasteiger partial charge in [-0.2, -0.15) is 0 Å². The normalized spacial score (nSPS) is 29.6. The highest BCUT2D eigenvalue weighted by Crippen LogP contribution is 2.49. The van der Waals surface area contributed by atoms with Gasteiger partial charge in [0.1, 0.15) is 5.54 Å². The molecule has 1 aliphatic carbocycles. The van der Waals surface area contributed by atoms with Crippen LogP contribution >= 0.6 is 0 Å². The Bertz CT molecular complexity index is 335. The molecule has 1 aliphatic rings. The van der Waals surface area contributed by atoms with E-state index in [1.54, 1.807) is 0 Å². The van der Waals surface area contributed by atoms with Crippen molar-refractivity contribution in [3.8, 4) is 0 Å². The first-order valence-electron chi connectivity index (χ1n) is 7.15. The summed E-state index contributed by atoms with van der Waals surface area (Å²) in [6.45, 7) is 7.12. The minimum Gasteiger partial charge on any atom is -0.391 e. The van der Waals surface area contributed by atoms with Crippen LogP contribution < -0.4 is 11.1 Å². The second-order valence-corrected chi connectivity index (χ2v) is 5.99. The molecule has 0 saturated heterocycles. The molecule has 0 aromatic rings. The van der Waals surface area contributed by atoms with E-state index in [1.165, 1.54) is 7.11 Å². The van der Waals surface area contributed by atoms with Gasteiger partial charge in [-0.15, -0.1) is 0 Å². The first-order valence-corrected chi connectivity index (χ1v) is 7.15. The second-order valence-electron chi connectivity index (χ2n) is 5.99. The number of ether oxygens (including phenoxy) is 2. The van der Waals surface area contributed by atoms with Gasteiger partial charge in [-0.05, 0) is 13.3 Å². The Balaban J connectivity index is 2.44. The molecule has 0 aromatic heterocycles. The molecule has 3 unspecified atom stereocenters. The Morgan fingerprint density at radius 2 is 2.20 bits per heavy atom.